The minimum Gasteiger partial charge on any atom is -0.497 e. The van der Waals surface area contributed by atoms with E-state index in [0.29, 0.717) is 22.7 Å². The van der Waals surface area contributed by atoms with Crippen molar-refractivity contribution in [1.82, 2.24) is 0 Å². The number of carbonyl (C=O) groups is 2. The van der Waals surface area contributed by atoms with E-state index in [1.807, 2.05) is 19.1 Å². The van der Waals surface area contributed by atoms with Crippen molar-refractivity contribution in [1.29, 1.82) is 0 Å². The number of carbonyl (C=O) groups excluding carboxylic acids is 2. The van der Waals surface area contributed by atoms with Crippen molar-refractivity contribution in [3.63, 3.8) is 0 Å². The van der Waals surface area contributed by atoms with Gasteiger partial charge in [0.2, 0.25) is 0 Å². The summed E-state index contributed by atoms with van der Waals surface area (Å²) in [5.41, 5.74) is 1.53. The lowest BCUT2D eigenvalue weighted by atomic mass is 10.0. The molecule has 9 heteroatoms. The van der Waals surface area contributed by atoms with Gasteiger partial charge in [-0.1, -0.05) is 25.1 Å². The highest BCUT2D eigenvalue weighted by molar-refractivity contribution is 7.15. The molecule has 0 bridgehead atoms. The number of benzene rings is 2. The third kappa shape index (κ3) is 5.07. The fourth-order valence-corrected chi connectivity index (χ4v) is 3.79. The minimum absolute atomic E-state index is 0.112. The Morgan fingerprint density at radius 3 is 2.55 bits per heavy atom. The van der Waals surface area contributed by atoms with Crippen molar-refractivity contribution in [2.75, 3.05) is 19.0 Å². The molecule has 3 aromatic rings. The van der Waals surface area contributed by atoms with Gasteiger partial charge in [-0.25, -0.2) is 4.79 Å². The van der Waals surface area contributed by atoms with Crippen LogP contribution in [-0.2, 0) is 4.74 Å². The molecule has 2 aromatic carbocycles. The molecule has 0 unspecified atom stereocenters. The molecule has 1 amide bonds. The van der Waals surface area contributed by atoms with Crippen LogP contribution in [0.5, 0.6) is 5.75 Å². The zero-order valence-corrected chi connectivity index (χ0v) is 17.7. The van der Waals surface area contributed by atoms with Crippen LogP contribution in [-0.4, -0.2) is 30.5 Å². The number of anilines is 1. The van der Waals surface area contributed by atoms with Gasteiger partial charge >= 0.3 is 5.97 Å². The molecule has 160 valence electrons. The summed E-state index contributed by atoms with van der Waals surface area (Å²) < 4.78 is 10.5. The van der Waals surface area contributed by atoms with Crippen LogP contribution in [0.3, 0.4) is 0 Å². The Bertz CT molecular complexity index is 1110. The number of hydrogen-bond acceptors (Lipinski definition) is 7. The summed E-state index contributed by atoms with van der Waals surface area (Å²) in [5.74, 6) is -0.437. The Hall–Kier alpha value is -3.72. The summed E-state index contributed by atoms with van der Waals surface area (Å²) >= 11 is 1.18. The predicted octanol–water partition coefficient (Wildman–Crippen LogP) is 5.15. The van der Waals surface area contributed by atoms with E-state index in [1.54, 1.807) is 24.6 Å². The van der Waals surface area contributed by atoms with Crippen LogP contribution < -0.4 is 10.1 Å². The van der Waals surface area contributed by atoms with E-state index in [0.717, 1.165) is 5.56 Å². The Labute approximate surface area is 182 Å². The van der Waals surface area contributed by atoms with Gasteiger partial charge in [0.1, 0.15) is 16.3 Å². The standard InChI is InChI=1S/C22H20N2O6S/c1-3-11-30-22(26)19-18(14-7-9-17(29-2)10-8-14)13-31-21(19)23-20(25)15-5-4-6-16(12-15)24(27)28/h4-10,12-13H,3,11H2,1-2H3,(H,23,25). The van der Waals surface area contributed by atoms with Crippen LogP contribution in [0.4, 0.5) is 10.7 Å². The van der Waals surface area contributed by atoms with Gasteiger partial charge in [-0.05, 0) is 30.2 Å². The van der Waals surface area contributed by atoms with Crippen molar-refractivity contribution in [2.24, 2.45) is 0 Å². The molecule has 0 aliphatic carbocycles. The zero-order valence-electron chi connectivity index (χ0n) is 16.9. The number of hydrogen-bond donors (Lipinski definition) is 1. The van der Waals surface area contributed by atoms with Gasteiger partial charge in [0.15, 0.2) is 0 Å². The van der Waals surface area contributed by atoms with Crippen LogP contribution in [0.1, 0.15) is 34.1 Å². The molecule has 0 radical (unpaired) electrons. The first kappa shape index (κ1) is 22.0. The summed E-state index contributed by atoms with van der Waals surface area (Å²) in [7, 11) is 1.56. The van der Waals surface area contributed by atoms with E-state index >= 15 is 0 Å². The quantitative estimate of drug-likeness (QED) is 0.295. The zero-order chi connectivity index (χ0) is 22.4. The van der Waals surface area contributed by atoms with Gasteiger partial charge in [0.25, 0.3) is 11.6 Å². The number of nitro benzene ring substituents is 1. The minimum atomic E-state index is -0.572. The number of esters is 1. The highest BCUT2D eigenvalue weighted by Crippen LogP contribution is 2.37. The summed E-state index contributed by atoms with van der Waals surface area (Å²) in [5, 5.41) is 15.8. The second-order valence-electron chi connectivity index (χ2n) is 6.48. The van der Waals surface area contributed by atoms with Gasteiger partial charge < -0.3 is 14.8 Å². The Kier molecular flexibility index (Phi) is 6.99. The lowest BCUT2D eigenvalue weighted by molar-refractivity contribution is -0.384. The average Bonchev–Trinajstić information content (AvgIpc) is 3.21. The van der Waals surface area contributed by atoms with Crippen molar-refractivity contribution in [3.8, 4) is 16.9 Å². The van der Waals surface area contributed by atoms with Gasteiger partial charge in [-0.3, -0.25) is 14.9 Å². The molecule has 1 N–H and O–H groups in total. The largest absolute Gasteiger partial charge is 0.497 e. The molecule has 0 spiro atoms. The lowest BCUT2D eigenvalue weighted by Crippen LogP contribution is -2.15. The summed E-state index contributed by atoms with van der Waals surface area (Å²) in [4.78, 5) is 35.9. The number of ether oxygens (including phenoxy) is 2. The molecular weight excluding hydrogens is 420 g/mol. The molecule has 0 saturated heterocycles. The molecule has 1 aromatic heterocycles. The van der Waals surface area contributed by atoms with E-state index < -0.39 is 16.8 Å². The molecule has 1 heterocycles. The molecule has 31 heavy (non-hydrogen) atoms. The third-order valence-electron chi connectivity index (χ3n) is 4.38. The molecule has 0 atom stereocenters. The summed E-state index contributed by atoms with van der Waals surface area (Å²) in [6, 6.07) is 12.5. The monoisotopic (exact) mass is 440 g/mol. The Balaban J connectivity index is 1.96. The van der Waals surface area contributed by atoms with Gasteiger partial charge in [0, 0.05) is 28.6 Å². The fraction of sp³-hybridized carbons (Fsp3) is 0.182. The van der Waals surface area contributed by atoms with E-state index in [9.17, 15) is 19.7 Å². The van der Waals surface area contributed by atoms with Crippen LogP contribution in [0.2, 0.25) is 0 Å². The first-order chi connectivity index (χ1) is 14.9. The number of non-ortho nitro benzene ring substituents is 1. The molecule has 3 rings (SSSR count). The Morgan fingerprint density at radius 1 is 1.16 bits per heavy atom. The van der Waals surface area contributed by atoms with E-state index in [2.05, 4.69) is 5.32 Å². The van der Waals surface area contributed by atoms with Gasteiger partial charge in [0.05, 0.1) is 18.6 Å². The second-order valence-corrected chi connectivity index (χ2v) is 7.36. The fourth-order valence-electron chi connectivity index (χ4n) is 2.84. The number of nitro groups is 1. The number of nitrogens with one attached hydrogen (secondary N) is 1. The first-order valence-electron chi connectivity index (χ1n) is 9.43. The number of thiophene rings is 1. The maximum atomic E-state index is 12.8. The van der Waals surface area contributed by atoms with Crippen molar-refractivity contribution in [2.45, 2.75) is 13.3 Å². The maximum absolute atomic E-state index is 12.8. The molecule has 0 aliphatic heterocycles. The third-order valence-corrected chi connectivity index (χ3v) is 5.28. The molecule has 0 saturated carbocycles. The number of methoxy groups -OCH3 is 1. The topological polar surface area (TPSA) is 108 Å². The smallest absolute Gasteiger partial charge is 0.341 e. The molecule has 8 nitrogen and oxygen atoms in total. The molecule has 0 aliphatic rings. The van der Waals surface area contributed by atoms with Gasteiger partial charge in [-0.15, -0.1) is 11.3 Å². The van der Waals surface area contributed by atoms with Crippen molar-refractivity contribution < 1.29 is 24.0 Å². The summed E-state index contributed by atoms with van der Waals surface area (Å²) in [6.45, 7) is 2.13. The van der Waals surface area contributed by atoms with Crippen LogP contribution in [0, 0.1) is 10.1 Å². The average molecular weight is 440 g/mol. The van der Waals surface area contributed by atoms with Gasteiger partial charge in [-0.2, -0.15) is 0 Å². The van der Waals surface area contributed by atoms with Crippen molar-refractivity contribution in [3.05, 3.63) is 75.2 Å². The highest BCUT2D eigenvalue weighted by Gasteiger charge is 2.24. The molecule has 0 fully saturated rings. The maximum Gasteiger partial charge on any atom is 0.341 e. The lowest BCUT2D eigenvalue weighted by Gasteiger charge is -2.10. The number of nitrogens with zero attached hydrogens (tertiary/aromatic N) is 1. The van der Waals surface area contributed by atoms with Crippen LogP contribution >= 0.6 is 11.3 Å². The summed E-state index contributed by atoms with van der Waals surface area (Å²) in [6.07, 6.45) is 0.656. The number of rotatable bonds is 8. The number of amides is 1. The predicted molar refractivity (Wildman–Crippen MR) is 118 cm³/mol. The Morgan fingerprint density at radius 2 is 1.90 bits per heavy atom. The van der Waals surface area contributed by atoms with E-state index in [4.69, 9.17) is 9.47 Å². The normalized spacial score (nSPS) is 10.4. The van der Waals surface area contributed by atoms with E-state index in [-0.39, 0.29) is 23.4 Å². The van der Waals surface area contributed by atoms with Crippen LogP contribution in [0.25, 0.3) is 11.1 Å². The SMILES string of the molecule is CCCOC(=O)c1c(-c2ccc(OC)cc2)csc1NC(=O)c1cccc([N+](=O)[O-])c1. The van der Waals surface area contributed by atoms with E-state index in [1.165, 1.54) is 35.6 Å². The molecular formula is C22H20N2O6S. The first-order valence-corrected chi connectivity index (χ1v) is 10.3. The second kappa shape index (κ2) is 9.86. The van der Waals surface area contributed by atoms with Crippen molar-refractivity contribution >= 4 is 33.9 Å². The highest BCUT2D eigenvalue weighted by atomic mass is 32.1. The van der Waals surface area contributed by atoms with Crippen LogP contribution in [0.15, 0.2) is 53.9 Å².